The van der Waals surface area contributed by atoms with Crippen molar-refractivity contribution in [2.24, 2.45) is 0 Å². The smallest absolute Gasteiger partial charge is 0.334 e. The largest absolute Gasteiger partial charge is 0.479 e. The molecule has 0 aliphatic heterocycles. The number of aliphatic hydroxyl groups is 1. The minimum atomic E-state index is -1.74. The number of carbonyl (C=O) groups is 2. The molecule has 7 nitrogen and oxygen atoms in total. The van der Waals surface area contributed by atoms with Crippen molar-refractivity contribution in [3.8, 4) is 0 Å². The van der Waals surface area contributed by atoms with E-state index in [1.54, 1.807) is 36.4 Å². The molecular weight excluding hydrogens is 358 g/mol. The van der Waals surface area contributed by atoms with Crippen LogP contribution < -0.4 is 5.32 Å². The summed E-state index contributed by atoms with van der Waals surface area (Å²) in [5.41, 5.74) is 1.64. The summed E-state index contributed by atoms with van der Waals surface area (Å²) in [6.07, 6.45) is -0.0602. The van der Waals surface area contributed by atoms with Crippen molar-refractivity contribution in [2.75, 3.05) is 0 Å². The number of H-pyrrole nitrogens is 1. The molecule has 0 bridgehead atoms. The molecule has 1 aromatic carbocycles. The third kappa shape index (κ3) is 4.01. The van der Waals surface area contributed by atoms with Crippen LogP contribution in [0.3, 0.4) is 0 Å². The lowest BCUT2D eigenvalue weighted by Gasteiger charge is -2.21. The molecule has 0 fully saturated rings. The maximum Gasteiger partial charge on any atom is 0.334 e. The van der Waals surface area contributed by atoms with Gasteiger partial charge in [-0.2, -0.15) is 0 Å². The lowest BCUT2D eigenvalue weighted by atomic mass is 10.0. The monoisotopic (exact) mass is 373 g/mol. The first-order valence-electron chi connectivity index (χ1n) is 7.84. The summed E-state index contributed by atoms with van der Waals surface area (Å²) in [5, 5.41) is 22.7. The predicted molar refractivity (Wildman–Crippen MR) is 96.1 cm³/mol. The van der Waals surface area contributed by atoms with Gasteiger partial charge < -0.3 is 20.5 Å². The molecule has 0 aliphatic carbocycles. The number of halogens is 1. The van der Waals surface area contributed by atoms with E-state index < -0.39 is 24.0 Å². The highest BCUT2D eigenvalue weighted by atomic mass is 35.5. The van der Waals surface area contributed by atoms with E-state index in [2.05, 4.69) is 15.3 Å². The standard InChI is InChI=1S/C18H16ClN3O4/c19-15-8-11-7-13(21-14(11)9-20-15)17(24)22-12(16(23)18(25)26)6-10-4-2-1-3-5-10/h1-5,7-9,12,16,21,23H,6H2,(H,22,24)(H,25,26)/t12-,16-/m0/s1. The number of benzene rings is 1. The molecule has 0 saturated carbocycles. The van der Waals surface area contributed by atoms with Crippen LogP contribution in [0.2, 0.25) is 5.15 Å². The topological polar surface area (TPSA) is 115 Å². The molecule has 134 valence electrons. The Balaban J connectivity index is 1.82. The minimum Gasteiger partial charge on any atom is -0.479 e. The Morgan fingerprint density at radius 3 is 2.65 bits per heavy atom. The van der Waals surface area contributed by atoms with Crippen LogP contribution in [0.5, 0.6) is 0 Å². The molecule has 0 unspecified atom stereocenters. The van der Waals surface area contributed by atoms with E-state index in [1.807, 2.05) is 6.07 Å². The van der Waals surface area contributed by atoms with E-state index in [0.717, 1.165) is 5.56 Å². The number of nitrogens with zero attached hydrogens (tertiary/aromatic N) is 1. The number of carboxylic acid groups (broad SMARTS) is 1. The predicted octanol–water partition coefficient (Wildman–Crippen LogP) is 2.00. The zero-order chi connectivity index (χ0) is 18.7. The molecule has 2 heterocycles. The molecule has 8 heteroatoms. The van der Waals surface area contributed by atoms with Crippen LogP contribution in [0.25, 0.3) is 10.9 Å². The summed E-state index contributed by atoms with van der Waals surface area (Å²) in [6, 6.07) is 11.2. The van der Waals surface area contributed by atoms with Gasteiger partial charge in [0.25, 0.3) is 5.91 Å². The van der Waals surface area contributed by atoms with Gasteiger partial charge in [-0.25, -0.2) is 9.78 Å². The van der Waals surface area contributed by atoms with Crippen molar-refractivity contribution in [3.05, 3.63) is 65.1 Å². The summed E-state index contributed by atoms with van der Waals surface area (Å²) in [4.78, 5) is 30.6. The van der Waals surface area contributed by atoms with Crippen LogP contribution >= 0.6 is 11.6 Å². The van der Waals surface area contributed by atoms with Crippen molar-refractivity contribution >= 4 is 34.4 Å². The van der Waals surface area contributed by atoms with Crippen LogP contribution in [0.4, 0.5) is 0 Å². The van der Waals surface area contributed by atoms with E-state index in [0.29, 0.717) is 16.1 Å². The molecule has 2 atom stereocenters. The van der Waals surface area contributed by atoms with Crippen molar-refractivity contribution in [1.29, 1.82) is 0 Å². The summed E-state index contributed by atoms with van der Waals surface area (Å²) >= 11 is 5.83. The number of carbonyl (C=O) groups excluding carboxylic acids is 1. The highest BCUT2D eigenvalue weighted by Crippen LogP contribution is 2.18. The number of aromatic amines is 1. The summed E-state index contributed by atoms with van der Waals surface area (Å²) in [7, 11) is 0. The first-order valence-corrected chi connectivity index (χ1v) is 8.22. The molecule has 3 rings (SSSR count). The fraction of sp³-hybridized carbons (Fsp3) is 0.167. The second kappa shape index (κ2) is 7.55. The van der Waals surface area contributed by atoms with E-state index in [1.165, 1.54) is 6.20 Å². The maximum atomic E-state index is 12.5. The van der Waals surface area contributed by atoms with Crippen LogP contribution in [0.1, 0.15) is 16.1 Å². The fourth-order valence-corrected chi connectivity index (χ4v) is 2.82. The normalized spacial score (nSPS) is 13.3. The van der Waals surface area contributed by atoms with Gasteiger partial charge in [0.2, 0.25) is 0 Å². The van der Waals surface area contributed by atoms with Crippen LogP contribution in [0, 0.1) is 0 Å². The zero-order valence-electron chi connectivity index (χ0n) is 13.5. The number of fused-ring (bicyclic) bond motifs is 1. The number of amides is 1. The van der Waals surface area contributed by atoms with Gasteiger partial charge in [-0.05, 0) is 24.1 Å². The molecule has 26 heavy (non-hydrogen) atoms. The minimum absolute atomic E-state index is 0.174. The van der Waals surface area contributed by atoms with Gasteiger partial charge in [-0.1, -0.05) is 41.9 Å². The third-order valence-corrected chi connectivity index (χ3v) is 4.17. The lowest BCUT2D eigenvalue weighted by Crippen LogP contribution is -2.48. The van der Waals surface area contributed by atoms with Gasteiger partial charge >= 0.3 is 5.97 Å². The van der Waals surface area contributed by atoms with Crippen LogP contribution in [-0.4, -0.2) is 44.2 Å². The summed E-state index contributed by atoms with van der Waals surface area (Å²) in [5.74, 6) is -1.93. The molecule has 0 saturated heterocycles. The van der Waals surface area contributed by atoms with E-state index in [9.17, 15) is 14.7 Å². The van der Waals surface area contributed by atoms with E-state index >= 15 is 0 Å². The first-order chi connectivity index (χ1) is 12.4. The SMILES string of the molecule is O=C(N[C@@H](Cc1ccccc1)[C@H](O)C(=O)O)c1cc2cc(Cl)ncc2[nH]1. The maximum absolute atomic E-state index is 12.5. The highest BCUT2D eigenvalue weighted by Gasteiger charge is 2.28. The van der Waals surface area contributed by atoms with Gasteiger partial charge in [0.1, 0.15) is 10.8 Å². The molecule has 1 amide bonds. The first kappa shape index (κ1) is 17.9. The number of aromatic nitrogens is 2. The van der Waals surface area contributed by atoms with Crippen molar-refractivity contribution in [1.82, 2.24) is 15.3 Å². The molecule has 3 aromatic rings. The van der Waals surface area contributed by atoms with Gasteiger partial charge in [0.05, 0.1) is 17.8 Å². The Labute approximate surface area is 153 Å². The number of aliphatic carboxylic acids is 1. The number of carboxylic acids is 1. The van der Waals surface area contributed by atoms with Crippen molar-refractivity contribution in [2.45, 2.75) is 18.6 Å². The third-order valence-electron chi connectivity index (χ3n) is 3.97. The number of pyridine rings is 1. The van der Waals surface area contributed by atoms with Crippen molar-refractivity contribution in [3.63, 3.8) is 0 Å². The Hall–Kier alpha value is -2.90. The van der Waals surface area contributed by atoms with Crippen LogP contribution in [0.15, 0.2) is 48.7 Å². The van der Waals surface area contributed by atoms with E-state index in [-0.39, 0.29) is 12.1 Å². The van der Waals surface area contributed by atoms with Gasteiger partial charge in [-0.15, -0.1) is 0 Å². The van der Waals surface area contributed by atoms with Gasteiger partial charge in [0.15, 0.2) is 6.10 Å². The second-order valence-electron chi connectivity index (χ2n) is 5.83. The van der Waals surface area contributed by atoms with Crippen LogP contribution in [-0.2, 0) is 11.2 Å². The molecule has 0 aliphatic rings. The van der Waals surface area contributed by atoms with E-state index in [4.69, 9.17) is 16.7 Å². The van der Waals surface area contributed by atoms with Crippen molar-refractivity contribution < 1.29 is 19.8 Å². The van der Waals surface area contributed by atoms with Gasteiger partial charge in [0, 0.05) is 5.39 Å². The number of nitrogens with one attached hydrogen (secondary N) is 2. The zero-order valence-corrected chi connectivity index (χ0v) is 14.3. The summed E-state index contributed by atoms with van der Waals surface area (Å²) in [6.45, 7) is 0. The average Bonchev–Trinajstić information content (AvgIpc) is 3.04. The molecular formula is C18H16ClN3O4. The Kier molecular flexibility index (Phi) is 5.20. The Morgan fingerprint density at radius 2 is 1.96 bits per heavy atom. The molecule has 2 aromatic heterocycles. The number of hydrogen-bond acceptors (Lipinski definition) is 4. The number of rotatable bonds is 6. The Bertz CT molecular complexity index is 942. The molecule has 0 radical (unpaired) electrons. The summed E-state index contributed by atoms with van der Waals surface area (Å²) < 4.78 is 0. The molecule has 4 N–H and O–H groups in total. The highest BCUT2D eigenvalue weighted by molar-refractivity contribution is 6.30. The van der Waals surface area contributed by atoms with Gasteiger partial charge in [-0.3, -0.25) is 4.79 Å². The Morgan fingerprint density at radius 1 is 1.23 bits per heavy atom. The average molecular weight is 374 g/mol. The molecule has 0 spiro atoms. The quantitative estimate of drug-likeness (QED) is 0.493. The fourth-order valence-electron chi connectivity index (χ4n) is 2.65. The lowest BCUT2D eigenvalue weighted by molar-refractivity contribution is -0.148. The number of hydrogen-bond donors (Lipinski definition) is 4. The number of aliphatic hydroxyl groups excluding tert-OH is 1. The second-order valence-corrected chi connectivity index (χ2v) is 6.22.